The number of nitrogens with one attached hydrogen (secondary N) is 1. The monoisotopic (exact) mass is 310 g/mol. The van der Waals surface area contributed by atoms with E-state index in [0.717, 1.165) is 23.4 Å². The molecule has 2 aromatic rings. The van der Waals surface area contributed by atoms with Gasteiger partial charge in [-0.3, -0.25) is 0 Å². The number of aliphatic hydroxyl groups excluding tert-OH is 1. The second-order valence-electron chi connectivity index (χ2n) is 4.45. The molecule has 0 aromatic heterocycles. The normalized spacial score (nSPS) is 10.0. The van der Waals surface area contributed by atoms with Gasteiger partial charge in [-0.15, -0.1) is 0 Å². The van der Waals surface area contributed by atoms with Crippen LogP contribution in [0.5, 0.6) is 5.75 Å². The lowest BCUT2D eigenvalue weighted by atomic mass is 10.2. The van der Waals surface area contributed by atoms with Crippen molar-refractivity contribution in [2.75, 3.05) is 13.2 Å². The van der Waals surface area contributed by atoms with Crippen LogP contribution in [-0.4, -0.2) is 18.3 Å². The predicted molar refractivity (Wildman–Crippen MR) is 76.0 cm³/mol. The predicted octanol–water partition coefficient (Wildman–Crippen LogP) is -0.509. The first-order chi connectivity index (χ1) is 9.78. The third kappa shape index (κ3) is 6.12. The molecule has 5 heteroatoms. The van der Waals surface area contributed by atoms with Crippen molar-refractivity contribution < 1.29 is 26.6 Å². The van der Waals surface area contributed by atoms with E-state index in [-0.39, 0.29) is 24.8 Å². The van der Waals surface area contributed by atoms with Gasteiger partial charge in [0.05, 0.1) is 6.61 Å². The summed E-state index contributed by atoms with van der Waals surface area (Å²) < 4.78 is 18.0. The van der Waals surface area contributed by atoms with Crippen molar-refractivity contribution in [3.8, 4) is 5.75 Å². The highest BCUT2D eigenvalue weighted by Crippen LogP contribution is 2.12. The van der Waals surface area contributed by atoms with Crippen LogP contribution in [0.25, 0.3) is 0 Å². The molecule has 0 amide bonds. The summed E-state index contributed by atoms with van der Waals surface area (Å²) in [6.45, 7) is 1.75. The molecule has 0 spiro atoms. The Morgan fingerprint density at radius 3 is 1.95 bits per heavy atom. The Morgan fingerprint density at radius 1 is 0.905 bits per heavy atom. The summed E-state index contributed by atoms with van der Waals surface area (Å²) in [4.78, 5) is 0. The average Bonchev–Trinajstić information content (AvgIpc) is 2.48. The number of halogens is 2. The topological polar surface area (TPSA) is 41.5 Å². The molecule has 0 radical (unpaired) electrons. The Hall–Kier alpha value is -1.62. The molecule has 0 heterocycles. The van der Waals surface area contributed by atoms with Crippen molar-refractivity contribution in [1.82, 2.24) is 5.32 Å². The summed E-state index contributed by atoms with van der Waals surface area (Å²) in [7, 11) is 0. The standard InChI is InChI=1S/C16H18FNO2.ClH/c17-15-5-1-13(2-6-15)11-18-12-14-3-7-16(8-4-14)20-10-9-19;/h1-8,18-19H,9-12H2;1H/p-1. The molecular formula is C16H18ClFNO2-. The average molecular weight is 311 g/mol. The fraction of sp³-hybridized carbons (Fsp3) is 0.250. The van der Waals surface area contributed by atoms with Gasteiger partial charge in [0.2, 0.25) is 0 Å². The Labute approximate surface area is 130 Å². The molecule has 0 fully saturated rings. The molecule has 0 atom stereocenters. The maximum atomic E-state index is 12.8. The lowest BCUT2D eigenvalue weighted by Gasteiger charge is -2.07. The molecule has 2 aromatic carbocycles. The number of aliphatic hydroxyl groups is 1. The summed E-state index contributed by atoms with van der Waals surface area (Å²) in [5.74, 6) is 0.536. The molecule has 2 N–H and O–H groups in total. The molecule has 114 valence electrons. The van der Waals surface area contributed by atoms with E-state index in [1.54, 1.807) is 12.1 Å². The fourth-order valence-electron chi connectivity index (χ4n) is 1.82. The second kappa shape index (κ2) is 9.34. The summed E-state index contributed by atoms with van der Waals surface area (Å²) in [5, 5.41) is 12.0. The largest absolute Gasteiger partial charge is 1.00 e. The van der Waals surface area contributed by atoms with Gasteiger partial charge >= 0.3 is 0 Å². The lowest BCUT2D eigenvalue weighted by molar-refractivity contribution is -0.00000589. The van der Waals surface area contributed by atoms with Crippen LogP contribution >= 0.6 is 0 Å². The molecule has 0 saturated heterocycles. The molecule has 2 rings (SSSR count). The van der Waals surface area contributed by atoms with Crippen LogP contribution in [0.4, 0.5) is 4.39 Å². The van der Waals surface area contributed by atoms with Crippen LogP contribution in [-0.2, 0) is 13.1 Å². The van der Waals surface area contributed by atoms with Gasteiger partial charge in [0, 0.05) is 13.1 Å². The number of rotatable bonds is 7. The van der Waals surface area contributed by atoms with Gasteiger partial charge in [-0.05, 0) is 35.4 Å². The highest BCUT2D eigenvalue weighted by molar-refractivity contribution is 5.27. The van der Waals surface area contributed by atoms with Crippen LogP contribution in [0.2, 0.25) is 0 Å². The van der Waals surface area contributed by atoms with E-state index in [0.29, 0.717) is 13.2 Å². The first-order valence-corrected chi connectivity index (χ1v) is 6.55. The Bertz CT molecular complexity index is 517. The number of hydrogen-bond donors (Lipinski definition) is 2. The van der Waals surface area contributed by atoms with Crippen molar-refractivity contribution in [2.24, 2.45) is 0 Å². The number of ether oxygens (including phenoxy) is 1. The van der Waals surface area contributed by atoms with E-state index < -0.39 is 0 Å². The number of benzene rings is 2. The van der Waals surface area contributed by atoms with E-state index in [2.05, 4.69) is 5.32 Å². The van der Waals surface area contributed by atoms with E-state index in [4.69, 9.17) is 9.84 Å². The zero-order valence-electron chi connectivity index (χ0n) is 11.6. The smallest absolute Gasteiger partial charge is 0.123 e. The van der Waals surface area contributed by atoms with Gasteiger partial charge < -0.3 is 27.6 Å². The molecule has 0 unspecified atom stereocenters. The van der Waals surface area contributed by atoms with Crippen molar-refractivity contribution in [1.29, 1.82) is 0 Å². The lowest BCUT2D eigenvalue weighted by Crippen LogP contribution is -3.00. The van der Waals surface area contributed by atoms with Gasteiger partial charge in [-0.1, -0.05) is 24.3 Å². The van der Waals surface area contributed by atoms with Gasteiger partial charge in [0.15, 0.2) is 0 Å². The highest BCUT2D eigenvalue weighted by Gasteiger charge is 1.97. The SMILES string of the molecule is OCCOc1ccc(CNCc2ccc(F)cc2)cc1.[Cl-]. The van der Waals surface area contributed by atoms with Crippen molar-refractivity contribution in [3.05, 3.63) is 65.5 Å². The Kier molecular flexibility index (Phi) is 7.75. The first kappa shape index (κ1) is 17.4. The minimum absolute atomic E-state index is 0. The first-order valence-electron chi connectivity index (χ1n) is 6.55. The van der Waals surface area contributed by atoms with Crippen LogP contribution in [0, 0.1) is 5.82 Å². The minimum atomic E-state index is -0.216. The highest BCUT2D eigenvalue weighted by atomic mass is 35.5. The Balaban J connectivity index is 0.00000220. The second-order valence-corrected chi connectivity index (χ2v) is 4.45. The van der Waals surface area contributed by atoms with Gasteiger partial charge in [0.25, 0.3) is 0 Å². The van der Waals surface area contributed by atoms with E-state index >= 15 is 0 Å². The summed E-state index contributed by atoms with van der Waals surface area (Å²) in [6.07, 6.45) is 0. The van der Waals surface area contributed by atoms with Crippen molar-refractivity contribution >= 4 is 0 Å². The number of hydrogen-bond acceptors (Lipinski definition) is 3. The molecular weight excluding hydrogens is 293 g/mol. The van der Waals surface area contributed by atoms with Crippen LogP contribution < -0.4 is 22.5 Å². The van der Waals surface area contributed by atoms with E-state index in [1.165, 1.54) is 12.1 Å². The third-order valence-electron chi connectivity index (χ3n) is 2.85. The summed E-state index contributed by atoms with van der Waals surface area (Å²) in [5.41, 5.74) is 2.19. The van der Waals surface area contributed by atoms with Crippen LogP contribution in [0.3, 0.4) is 0 Å². The molecule has 0 aliphatic carbocycles. The zero-order valence-corrected chi connectivity index (χ0v) is 12.3. The molecule has 0 aliphatic heterocycles. The molecule has 0 saturated carbocycles. The van der Waals surface area contributed by atoms with E-state index in [1.807, 2.05) is 24.3 Å². The molecule has 0 bridgehead atoms. The fourth-order valence-corrected chi connectivity index (χ4v) is 1.82. The Morgan fingerprint density at radius 2 is 1.43 bits per heavy atom. The quantitative estimate of drug-likeness (QED) is 0.724. The van der Waals surface area contributed by atoms with Gasteiger partial charge in [-0.2, -0.15) is 0 Å². The van der Waals surface area contributed by atoms with E-state index in [9.17, 15) is 4.39 Å². The van der Waals surface area contributed by atoms with Gasteiger partial charge in [0.1, 0.15) is 18.2 Å². The van der Waals surface area contributed by atoms with Crippen LogP contribution in [0.1, 0.15) is 11.1 Å². The maximum Gasteiger partial charge on any atom is 0.123 e. The molecule has 3 nitrogen and oxygen atoms in total. The zero-order chi connectivity index (χ0) is 14.2. The van der Waals surface area contributed by atoms with Crippen LogP contribution in [0.15, 0.2) is 48.5 Å². The maximum absolute atomic E-state index is 12.8. The van der Waals surface area contributed by atoms with Crippen molar-refractivity contribution in [3.63, 3.8) is 0 Å². The molecule has 21 heavy (non-hydrogen) atoms. The third-order valence-corrected chi connectivity index (χ3v) is 2.85. The summed E-state index contributed by atoms with van der Waals surface area (Å²) >= 11 is 0. The van der Waals surface area contributed by atoms with Gasteiger partial charge in [-0.25, -0.2) is 4.39 Å². The minimum Gasteiger partial charge on any atom is -1.00 e. The molecule has 0 aliphatic rings. The summed E-state index contributed by atoms with van der Waals surface area (Å²) in [6, 6.07) is 14.2. The van der Waals surface area contributed by atoms with Crippen molar-refractivity contribution in [2.45, 2.75) is 13.1 Å².